The molecule has 0 N–H and O–H groups in total. The third kappa shape index (κ3) is 2.96. The van der Waals surface area contributed by atoms with Crippen LogP contribution < -0.4 is 11.2 Å². The van der Waals surface area contributed by atoms with Gasteiger partial charge in [0.25, 0.3) is 5.56 Å². The number of rotatable bonds is 4. The second kappa shape index (κ2) is 7.13. The Labute approximate surface area is 166 Å². The highest BCUT2D eigenvalue weighted by Crippen LogP contribution is 2.18. The third-order valence-electron chi connectivity index (χ3n) is 4.81. The van der Waals surface area contributed by atoms with Crippen molar-refractivity contribution in [2.75, 3.05) is 0 Å². The largest absolute Gasteiger partial charge is 0.337 e. The Balaban J connectivity index is 2.02. The number of benzene rings is 2. The molecule has 0 aliphatic heterocycles. The number of halogens is 1. The molecule has 2 aromatic carbocycles. The van der Waals surface area contributed by atoms with Crippen molar-refractivity contribution in [2.24, 2.45) is 0 Å². The Morgan fingerprint density at radius 2 is 1.86 bits per heavy atom. The first-order chi connectivity index (χ1) is 13.5. The quantitative estimate of drug-likeness (QED) is 0.533. The Bertz CT molecular complexity index is 1300. The molecular formula is C21H19ClN4O2. The molecule has 0 spiro atoms. The van der Waals surface area contributed by atoms with Crippen molar-refractivity contribution in [1.82, 2.24) is 18.7 Å². The molecule has 0 radical (unpaired) electrons. The second-order valence-electron chi connectivity index (χ2n) is 6.63. The first-order valence-corrected chi connectivity index (χ1v) is 9.40. The first-order valence-electron chi connectivity index (χ1n) is 9.02. The fourth-order valence-electron chi connectivity index (χ4n) is 3.44. The van der Waals surface area contributed by atoms with Gasteiger partial charge in [0, 0.05) is 18.1 Å². The van der Waals surface area contributed by atoms with Gasteiger partial charge in [-0.25, -0.2) is 14.3 Å². The molecule has 28 heavy (non-hydrogen) atoms. The highest BCUT2D eigenvalue weighted by Gasteiger charge is 2.19. The molecule has 2 aromatic heterocycles. The van der Waals surface area contributed by atoms with Crippen LogP contribution in [-0.2, 0) is 13.1 Å². The number of aryl methyl sites for hydroxylation is 1. The van der Waals surface area contributed by atoms with E-state index >= 15 is 0 Å². The van der Waals surface area contributed by atoms with E-state index in [0.717, 1.165) is 11.1 Å². The maximum atomic E-state index is 13.1. The van der Waals surface area contributed by atoms with Gasteiger partial charge in [-0.1, -0.05) is 41.9 Å². The topological polar surface area (TPSA) is 61.8 Å². The van der Waals surface area contributed by atoms with E-state index in [-0.39, 0.29) is 17.8 Å². The van der Waals surface area contributed by atoms with Gasteiger partial charge in [-0.15, -0.1) is 0 Å². The van der Waals surface area contributed by atoms with Gasteiger partial charge >= 0.3 is 5.69 Å². The summed E-state index contributed by atoms with van der Waals surface area (Å²) in [6, 6.07) is 15.0. The molecule has 0 aliphatic carbocycles. The molecule has 0 aliphatic rings. The highest BCUT2D eigenvalue weighted by atomic mass is 35.5. The van der Waals surface area contributed by atoms with Gasteiger partial charge in [0.1, 0.15) is 0 Å². The number of nitrogens with zero attached hydrogens (tertiary/aromatic N) is 4. The van der Waals surface area contributed by atoms with Crippen LogP contribution in [0.1, 0.15) is 18.1 Å². The van der Waals surface area contributed by atoms with Gasteiger partial charge in [0.15, 0.2) is 11.2 Å². The predicted octanol–water partition coefficient (Wildman–Crippen LogP) is 3.38. The molecule has 0 saturated carbocycles. The maximum absolute atomic E-state index is 13.1. The zero-order valence-corrected chi connectivity index (χ0v) is 16.3. The SMILES string of the molecule is CCn1c(=O)c2c(ncn2Cc2cccc(Cl)c2)n(-c2ccccc2C)c1=O. The lowest BCUT2D eigenvalue weighted by Gasteiger charge is -2.13. The van der Waals surface area contributed by atoms with Crippen molar-refractivity contribution < 1.29 is 0 Å². The molecule has 4 rings (SSSR count). The van der Waals surface area contributed by atoms with Crippen LogP contribution in [-0.4, -0.2) is 18.7 Å². The van der Waals surface area contributed by atoms with Crippen molar-refractivity contribution in [1.29, 1.82) is 0 Å². The zero-order chi connectivity index (χ0) is 19.8. The lowest BCUT2D eigenvalue weighted by Crippen LogP contribution is -2.39. The van der Waals surface area contributed by atoms with E-state index in [9.17, 15) is 9.59 Å². The summed E-state index contributed by atoms with van der Waals surface area (Å²) in [5, 5.41) is 0.629. The number of fused-ring (bicyclic) bond motifs is 1. The smallest absolute Gasteiger partial charge is 0.320 e. The summed E-state index contributed by atoms with van der Waals surface area (Å²) in [7, 11) is 0. The van der Waals surface area contributed by atoms with E-state index in [1.165, 1.54) is 9.13 Å². The van der Waals surface area contributed by atoms with Crippen molar-refractivity contribution in [3.8, 4) is 5.69 Å². The van der Waals surface area contributed by atoms with E-state index in [0.29, 0.717) is 28.4 Å². The molecule has 142 valence electrons. The van der Waals surface area contributed by atoms with Crippen LogP contribution in [0.25, 0.3) is 16.9 Å². The summed E-state index contributed by atoms with van der Waals surface area (Å²) in [4.78, 5) is 30.5. The highest BCUT2D eigenvalue weighted by molar-refractivity contribution is 6.30. The standard InChI is InChI=1S/C21H19ClN4O2/c1-3-25-20(27)18-19(26(21(25)28)17-10-5-4-7-14(17)2)23-13-24(18)12-15-8-6-9-16(22)11-15/h4-11,13H,3,12H2,1-2H3. The van der Waals surface area contributed by atoms with Crippen LogP contribution in [0.4, 0.5) is 0 Å². The van der Waals surface area contributed by atoms with Crippen LogP contribution in [0.3, 0.4) is 0 Å². The van der Waals surface area contributed by atoms with E-state index in [1.54, 1.807) is 23.9 Å². The average Bonchev–Trinajstić information content (AvgIpc) is 3.07. The van der Waals surface area contributed by atoms with E-state index in [2.05, 4.69) is 4.98 Å². The molecule has 0 unspecified atom stereocenters. The molecule has 0 fully saturated rings. The fraction of sp³-hybridized carbons (Fsp3) is 0.190. The lowest BCUT2D eigenvalue weighted by atomic mass is 10.2. The number of imidazole rings is 1. The van der Waals surface area contributed by atoms with Crippen LogP contribution in [0.5, 0.6) is 0 Å². The zero-order valence-electron chi connectivity index (χ0n) is 15.6. The molecule has 0 amide bonds. The van der Waals surface area contributed by atoms with Crippen LogP contribution in [0, 0.1) is 6.92 Å². The molecule has 0 bridgehead atoms. The summed E-state index contributed by atoms with van der Waals surface area (Å²) < 4.78 is 4.53. The third-order valence-corrected chi connectivity index (χ3v) is 5.05. The normalized spacial score (nSPS) is 11.2. The maximum Gasteiger partial charge on any atom is 0.337 e. The van der Waals surface area contributed by atoms with Crippen molar-refractivity contribution in [3.63, 3.8) is 0 Å². The minimum Gasteiger partial charge on any atom is -0.320 e. The second-order valence-corrected chi connectivity index (χ2v) is 7.06. The van der Waals surface area contributed by atoms with Gasteiger partial charge in [0.05, 0.1) is 12.0 Å². The molecule has 0 saturated heterocycles. The molecule has 6 nitrogen and oxygen atoms in total. The summed E-state index contributed by atoms with van der Waals surface area (Å²) in [5.74, 6) is 0. The van der Waals surface area contributed by atoms with E-state index < -0.39 is 0 Å². The van der Waals surface area contributed by atoms with Crippen LogP contribution in [0.2, 0.25) is 5.02 Å². The summed E-state index contributed by atoms with van der Waals surface area (Å²) >= 11 is 6.09. The minimum absolute atomic E-state index is 0.280. The molecule has 2 heterocycles. The molecule has 0 atom stereocenters. The van der Waals surface area contributed by atoms with Crippen LogP contribution in [0.15, 0.2) is 64.4 Å². The van der Waals surface area contributed by atoms with E-state index in [4.69, 9.17) is 11.6 Å². The number of hydrogen-bond donors (Lipinski definition) is 0. The van der Waals surface area contributed by atoms with Gasteiger partial charge in [-0.3, -0.25) is 9.36 Å². The predicted molar refractivity (Wildman–Crippen MR) is 111 cm³/mol. The number of aromatic nitrogens is 4. The van der Waals surface area contributed by atoms with Gasteiger partial charge in [-0.2, -0.15) is 0 Å². The number of hydrogen-bond acceptors (Lipinski definition) is 3. The summed E-state index contributed by atoms with van der Waals surface area (Å²) in [6.45, 7) is 4.43. The van der Waals surface area contributed by atoms with E-state index in [1.807, 2.05) is 49.4 Å². The minimum atomic E-state index is -0.387. The first kappa shape index (κ1) is 18.3. The van der Waals surface area contributed by atoms with Gasteiger partial charge < -0.3 is 4.57 Å². The van der Waals surface area contributed by atoms with Gasteiger partial charge in [0.2, 0.25) is 0 Å². The Morgan fingerprint density at radius 3 is 2.57 bits per heavy atom. The van der Waals surface area contributed by atoms with Crippen LogP contribution >= 0.6 is 11.6 Å². The summed E-state index contributed by atoms with van der Waals surface area (Å²) in [6.07, 6.45) is 1.60. The van der Waals surface area contributed by atoms with Gasteiger partial charge in [-0.05, 0) is 43.2 Å². The Morgan fingerprint density at radius 1 is 1.07 bits per heavy atom. The number of para-hydroxylation sites is 1. The van der Waals surface area contributed by atoms with Crippen molar-refractivity contribution in [3.05, 3.63) is 91.8 Å². The monoisotopic (exact) mass is 394 g/mol. The Hall–Kier alpha value is -3.12. The van der Waals surface area contributed by atoms with Crippen molar-refractivity contribution in [2.45, 2.75) is 26.9 Å². The molecular weight excluding hydrogens is 376 g/mol. The molecule has 4 aromatic rings. The fourth-order valence-corrected chi connectivity index (χ4v) is 3.65. The lowest BCUT2D eigenvalue weighted by molar-refractivity contribution is 0.654. The molecule has 7 heteroatoms. The Kier molecular flexibility index (Phi) is 4.65. The van der Waals surface area contributed by atoms with Crippen molar-refractivity contribution >= 4 is 22.8 Å². The average molecular weight is 395 g/mol. The summed E-state index contributed by atoms with van der Waals surface area (Å²) in [5.41, 5.74) is 2.61.